The smallest absolute Gasteiger partial charge is 0.201 e. The second-order valence-corrected chi connectivity index (χ2v) is 2.08. The van der Waals surface area contributed by atoms with Crippen LogP contribution in [0.3, 0.4) is 0 Å². The molecule has 1 aliphatic carbocycles. The highest BCUT2D eigenvalue weighted by molar-refractivity contribution is 6.50. The summed E-state index contributed by atoms with van der Waals surface area (Å²) < 4.78 is 0. The highest BCUT2D eigenvalue weighted by Gasteiger charge is 2.28. The molecule has 4 heteroatoms. The fraction of sp³-hybridized carbons (Fsp3) is 0.143. The number of nitrogens with one attached hydrogen (secondary N) is 1. The summed E-state index contributed by atoms with van der Waals surface area (Å²) in [5.74, 6) is -2.24. The molecule has 1 N–H and O–H groups in total. The Morgan fingerprint density at radius 2 is 2.09 bits per heavy atom. The monoisotopic (exact) mass is 148 g/mol. The van der Waals surface area contributed by atoms with Gasteiger partial charge in [-0.15, -0.1) is 0 Å². The van der Waals surface area contributed by atoms with Gasteiger partial charge in [-0.05, 0) is 12.2 Å². The second kappa shape index (κ2) is 2.46. The summed E-state index contributed by atoms with van der Waals surface area (Å²) >= 11 is 0. The molecule has 0 heterocycles. The topological polar surface area (TPSA) is 81.8 Å². The van der Waals surface area contributed by atoms with Crippen LogP contribution in [0.1, 0.15) is 0 Å². The maximum Gasteiger partial charge on any atom is 0.201 e. The number of nitrogens with zero attached hydrogens (tertiary/aromatic N) is 1. The lowest BCUT2D eigenvalue weighted by molar-refractivity contribution is -0.117. The van der Waals surface area contributed by atoms with Crippen molar-refractivity contribution >= 4 is 17.3 Å². The number of hydrogen-bond donors (Lipinski definition) is 1. The van der Waals surface area contributed by atoms with Crippen molar-refractivity contribution in [2.45, 2.75) is 0 Å². The third-order valence-corrected chi connectivity index (χ3v) is 1.37. The van der Waals surface area contributed by atoms with Crippen molar-refractivity contribution in [2.24, 2.45) is 5.92 Å². The Morgan fingerprint density at radius 1 is 1.45 bits per heavy atom. The summed E-state index contributed by atoms with van der Waals surface area (Å²) in [6, 6.07) is 1.59. The molecule has 0 saturated heterocycles. The van der Waals surface area contributed by atoms with Gasteiger partial charge >= 0.3 is 0 Å². The largest absolute Gasteiger partial charge is 0.299 e. The third kappa shape index (κ3) is 1.08. The van der Waals surface area contributed by atoms with Crippen LogP contribution < -0.4 is 0 Å². The van der Waals surface area contributed by atoms with Crippen molar-refractivity contribution < 1.29 is 9.59 Å². The van der Waals surface area contributed by atoms with E-state index in [0.717, 1.165) is 12.2 Å². The Bertz CT molecular complexity index is 309. The van der Waals surface area contributed by atoms with Gasteiger partial charge in [-0.25, -0.2) is 0 Å². The maximum atomic E-state index is 10.8. The number of nitriles is 1. The van der Waals surface area contributed by atoms with Crippen molar-refractivity contribution in [1.29, 1.82) is 10.7 Å². The van der Waals surface area contributed by atoms with Crippen LogP contribution in [0.15, 0.2) is 12.2 Å². The van der Waals surface area contributed by atoms with Crippen molar-refractivity contribution in [3.8, 4) is 6.07 Å². The van der Waals surface area contributed by atoms with E-state index in [1.807, 2.05) is 0 Å². The van der Waals surface area contributed by atoms with E-state index in [9.17, 15) is 9.59 Å². The van der Waals surface area contributed by atoms with Gasteiger partial charge in [-0.2, -0.15) is 5.26 Å². The summed E-state index contributed by atoms with van der Waals surface area (Å²) in [5, 5.41) is 15.4. The Hall–Kier alpha value is -1.76. The van der Waals surface area contributed by atoms with E-state index in [2.05, 4.69) is 0 Å². The van der Waals surface area contributed by atoms with Crippen LogP contribution >= 0.6 is 0 Å². The third-order valence-electron chi connectivity index (χ3n) is 1.37. The highest BCUT2D eigenvalue weighted by Crippen LogP contribution is 2.07. The Morgan fingerprint density at radius 3 is 2.55 bits per heavy atom. The number of carbonyl (C=O) groups is 2. The summed E-state index contributed by atoms with van der Waals surface area (Å²) in [4.78, 5) is 21.5. The van der Waals surface area contributed by atoms with Gasteiger partial charge in [0.25, 0.3) is 0 Å². The minimum atomic E-state index is -1.19. The van der Waals surface area contributed by atoms with Crippen LogP contribution in [-0.2, 0) is 9.59 Å². The molecule has 11 heavy (non-hydrogen) atoms. The summed E-state index contributed by atoms with van der Waals surface area (Å²) in [7, 11) is 0. The van der Waals surface area contributed by atoms with Gasteiger partial charge in [-0.3, -0.25) is 15.0 Å². The second-order valence-electron chi connectivity index (χ2n) is 2.08. The first kappa shape index (κ1) is 7.35. The molecule has 4 nitrogen and oxygen atoms in total. The SMILES string of the molecule is N#CC1C(=N)C(=O)C=CC1=O. The predicted octanol–water partition coefficient (Wildman–Crippen LogP) is -0.146. The number of rotatable bonds is 0. The van der Waals surface area contributed by atoms with E-state index in [0.29, 0.717) is 0 Å². The fourth-order valence-electron chi connectivity index (χ4n) is 0.757. The first-order chi connectivity index (χ1) is 5.16. The predicted molar refractivity (Wildman–Crippen MR) is 36.0 cm³/mol. The van der Waals surface area contributed by atoms with Gasteiger partial charge in [0.2, 0.25) is 5.78 Å². The van der Waals surface area contributed by atoms with Crippen molar-refractivity contribution in [3.05, 3.63) is 12.2 Å². The van der Waals surface area contributed by atoms with Crippen LogP contribution in [0, 0.1) is 22.7 Å². The van der Waals surface area contributed by atoms with E-state index in [4.69, 9.17) is 10.7 Å². The average molecular weight is 148 g/mol. The number of allylic oxidation sites excluding steroid dienone is 2. The van der Waals surface area contributed by atoms with E-state index < -0.39 is 23.2 Å². The van der Waals surface area contributed by atoms with Crippen LogP contribution in [-0.4, -0.2) is 17.3 Å². The van der Waals surface area contributed by atoms with Gasteiger partial charge in [-0.1, -0.05) is 0 Å². The minimum Gasteiger partial charge on any atom is -0.299 e. The normalized spacial score (nSPS) is 23.5. The molecule has 0 spiro atoms. The minimum absolute atomic E-state index is 0.431. The summed E-state index contributed by atoms with van der Waals surface area (Å²) in [6.07, 6.45) is 2.05. The first-order valence-corrected chi connectivity index (χ1v) is 2.91. The molecule has 1 aliphatic rings. The molecule has 0 fully saturated rings. The Balaban J connectivity index is 3.08. The fourth-order valence-corrected chi connectivity index (χ4v) is 0.757. The molecule has 0 saturated carbocycles. The summed E-state index contributed by atoms with van der Waals surface area (Å²) in [6.45, 7) is 0. The zero-order valence-corrected chi connectivity index (χ0v) is 5.50. The van der Waals surface area contributed by atoms with Gasteiger partial charge in [0, 0.05) is 0 Å². The molecule has 54 valence electrons. The molecule has 0 aromatic heterocycles. The molecule has 0 bridgehead atoms. The van der Waals surface area contributed by atoms with E-state index in [1.54, 1.807) is 6.07 Å². The number of hydrogen-bond acceptors (Lipinski definition) is 4. The molecule has 0 amide bonds. The van der Waals surface area contributed by atoms with Crippen LogP contribution in [0.2, 0.25) is 0 Å². The average Bonchev–Trinajstić information content (AvgIpc) is 1.99. The quantitative estimate of drug-likeness (QED) is 0.518. The molecular formula is C7H4N2O2. The van der Waals surface area contributed by atoms with Gasteiger partial charge in [0.05, 0.1) is 6.07 Å². The molecule has 1 rings (SSSR count). The number of carbonyl (C=O) groups excluding carboxylic acids is 2. The van der Waals surface area contributed by atoms with Crippen LogP contribution in [0.5, 0.6) is 0 Å². The maximum absolute atomic E-state index is 10.8. The molecule has 1 atom stereocenters. The first-order valence-electron chi connectivity index (χ1n) is 2.91. The van der Waals surface area contributed by atoms with Crippen LogP contribution in [0.25, 0.3) is 0 Å². The lowest BCUT2D eigenvalue weighted by Crippen LogP contribution is -2.30. The number of ketones is 2. The van der Waals surface area contributed by atoms with Crippen molar-refractivity contribution in [2.75, 3.05) is 0 Å². The zero-order valence-electron chi connectivity index (χ0n) is 5.50. The highest BCUT2D eigenvalue weighted by atomic mass is 16.1. The molecule has 0 aromatic carbocycles. The lowest BCUT2D eigenvalue weighted by atomic mass is 9.92. The van der Waals surface area contributed by atoms with E-state index in [-0.39, 0.29) is 0 Å². The molecule has 0 radical (unpaired) electrons. The van der Waals surface area contributed by atoms with Crippen LogP contribution in [0.4, 0.5) is 0 Å². The van der Waals surface area contributed by atoms with Crippen molar-refractivity contribution in [1.82, 2.24) is 0 Å². The van der Waals surface area contributed by atoms with E-state index in [1.165, 1.54) is 0 Å². The lowest BCUT2D eigenvalue weighted by Gasteiger charge is -2.07. The zero-order chi connectivity index (χ0) is 8.43. The van der Waals surface area contributed by atoms with Gasteiger partial charge in [0.1, 0.15) is 5.71 Å². The summed E-state index contributed by atoms with van der Waals surface area (Å²) in [5.41, 5.74) is -0.431. The van der Waals surface area contributed by atoms with Gasteiger partial charge in [0.15, 0.2) is 11.7 Å². The van der Waals surface area contributed by atoms with Gasteiger partial charge < -0.3 is 0 Å². The Labute approximate surface area is 62.6 Å². The Kier molecular flexibility index (Phi) is 1.65. The molecular weight excluding hydrogens is 144 g/mol. The molecule has 0 aliphatic heterocycles. The van der Waals surface area contributed by atoms with Crippen molar-refractivity contribution in [3.63, 3.8) is 0 Å². The standard InChI is InChI=1S/C7H4N2O2/c8-3-4-5(10)1-2-6(11)7(4)9/h1-2,4,9H. The molecule has 0 aromatic rings. The van der Waals surface area contributed by atoms with E-state index >= 15 is 0 Å². The molecule has 1 unspecified atom stereocenters.